The number of ether oxygens (including phenoxy) is 1. The number of aromatic nitrogens is 1. The van der Waals surface area contributed by atoms with Gasteiger partial charge in [-0.1, -0.05) is 30.3 Å². The molecule has 0 saturated carbocycles. The number of amides is 2. The van der Waals surface area contributed by atoms with E-state index in [0.717, 1.165) is 16.5 Å². The lowest BCUT2D eigenvalue weighted by molar-refractivity contribution is -0.130. The second-order valence-electron chi connectivity index (χ2n) is 6.53. The number of hydrogen-bond acceptors (Lipinski definition) is 3. The largest absolute Gasteiger partial charge is 0.435 e. The van der Waals surface area contributed by atoms with Crippen LogP contribution in [0.25, 0.3) is 10.9 Å². The first kappa shape index (κ1) is 20.3. The highest BCUT2D eigenvalue weighted by molar-refractivity contribution is 6.06. The van der Waals surface area contributed by atoms with Gasteiger partial charge in [-0.05, 0) is 23.8 Å². The van der Waals surface area contributed by atoms with Crippen LogP contribution in [0.4, 0.5) is 8.78 Å². The zero-order chi connectivity index (χ0) is 20.8. The van der Waals surface area contributed by atoms with Gasteiger partial charge in [-0.25, -0.2) is 0 Å². The Labute approximate surface area is 166 Å². The predicted octanol–water partition coefficient (Wildman–Crippen LogP) is 3.55. The minimum atomic E-state index is -2.87. The van der Waals surface area contributed by atoms with Crippen molar-refractivity contribution in [2.75, 3.05) is 13.6 Å². The van der Waals surface area contributed by atoms with Crippen LogP contribution >= 0.6 is 0 Å². The Kier molecular flexibility index (Phi) is 6.43. The number of halogens is 2. The van der Waals surface area contributed by atoms with Crippen LogP contribution in [0.3, 0.4) is 0 Å². The highest BCUT2D eigenvalue weighted by Gasteiger charge is 2.14. The Bertz CT molecular complexity index is 986. The zero-order valence-corrected chi connectivity index (χ0v) is 15.8. The smallest absolute Gasteiger partial charge is 0.387 e. The van der Waals surface area contributed by atoms with Gasteiger partial charge in [-0.2, -0.15) is 8.78 Å². The van der Waals surface area contributed by atoms with Gasteiger partial charge < -0.3 is 19.9 Å². The van der Waals surface area contributed by atoms with Gasteiger partial charge in [0.2, 0.25) is 5.91 Å². The molecule has 2 aromatic carbocycles. The standard InChI is InChI=1S/C21H21F2N3O3/c1-26(13-14-6-8-15(9-7-14)29-21(22)23)19(27)10-11-24-20(28)17-12-25-18-5-3-2-4-16(17)18/h2-9,12,21,25H,10-11,13H2,1H3,(H,24,28). The van der Waals surface area contributed by atoms with E-state index in [1.54, 1.807) is 25.4 Å². The van der Waals surface area contributed by atoms with Crippen LogP contribution in [0.5, 0.6) is 5.75 Å². The number of nitrogens with zero attached hydrogens (tertiary/aromatic N) is 1. The minimum absolute atomic E-state index is 0.0673. The molecule has 8 heteroatoms. The molecule has 6 nitrogen and oxygen atoms in total. The summed E-state index contributed by atoms with van der Waals surface area (Å²) in [6.45, 7) is -2.34. The molecular formula is C21H21F2N3O3. The summed E-state index contributed by atoms with van der Waals surface area (Å²) in [5.74, 6) is -0.317. The number of carbonyl (C=O) groups is 2. The molecule has 3 aromatic rings. The summed E-state index contributed by atoms with van der Waals surface area (Å²) in [4.78, 5) is 29.2. The molecule has 152 valence electrons. The van der Waals surface area contributed by atoms with E-state index in [2.05, 4.69) is 15.0 Å². The molecule has 2 N–H and O–H groups in total. The fourth-order valence-corrected chi connectivity index (χ4v) is 2.97. The van der Waals surface area contributed by atoms with Crippen molar-refractivity contribution in [3.63, 3.8) is 0 Å². The van der Waals surface area contributed by atoms with Gasteiger partial charge in [-0.15, -0.1) is 0 Å². The van der Waals surface area contributed by atoms with Crippen molar-refractivity contribution in [1.82, 2.24) is 15.2 Å². The van der Waals surface area contributed by atoms with Gasteiger partial charge in [0.25, 0.3) is 5.91 Å². The number of alkyl halides is 2. The van der Waals surface area contributed by atoms with E-state index in [9.17, 15) is 18.4 Å². The Morgan fingerprint density at radius 3 is 2.59 bits per heavy atom. The minimum Gasteiger partial charge on any atom is -0.435 e. The molecule has 0 aliphatic heterocycles. The maximum absolute atomic E-state index is 12.3. The third kappa shape index (κ3) is 5.31. The van der Waals surface area contributed by atoms with Crippen molar-refractivity contribution in [3.05, 3.63) is 65.9 Å². The van der Waals surface area contributed by atoms with Crippen molar-refractivity contribution in [1.29, 1.82) is 0 Å². The number of para-hydroxylation sites is 1. The second kappa shape index (κ2) is 9.18. The molecule has 0 fully saturated rings. The normalized spacial score (nSPS) is 10.9. The molecule has 0 aliphatic carbocycles. The average Bonchev–Trinajstić information content (AvgIpc) is 3.13. The molecule has 2 amide bonds. The fourth-order valence-electron chi connectivity index (χ4n) is 2.97. The van der Waals surface area contributed by atoms with Crippen LogP contribution in [0.1, 0.15) is 22.3 Å². The van der Waals surface area contributed by atoms with Crippen LogP contribution in [-0.2, 0) is 11.3 Å². The number of nitrogens with one attached hydrogen (secondary N) is 2. The van der Waals surface area contributed by atoms with E-state index in [4.69, 9.17) is 0 Å². The molecule has 0 radical (unpaired) electrons. The molecule has 0 unspecified atom stereocenters. The molecule has 29 heavy (non-hydrogen) atoms. The number of H-pyrrole nitrogens is 1. The van der Waals surface area contributed by atoms with E-state index in [1.165, 1.54) is 17.0 Å². The first-order chi connectivity index (χ1) is 13.9. The molecule has 0 saturated heterocycles. The van der Waals surface area contributed by atoms with Crippen LogP contribution in [0, 0.1) is 0 Å². The number of hydrogen-bond donors (Lipinski definition) is 2. The summed E-state index contributed by atoms with van der Waals surface area (Å²) in [6.07, 6.45) is 1.80. The molecule has 0 atom stereocenters. The molecule has 1 heterocycles. The lowest BCUT2D eigenvalue weighted by Gasteiger charge is -2.17. The molecule has 0 spiro atoms. The third-order valence-electron chi connectivity index (χ3n) is 4.45. The van der Waals surface area contributed by atoms with E-state index in [-0.39, 0.29) is 30.5 Å². The monoisotopic (exact) mass is 401 g/mol. The summed E-state index contributed by atoms with van der Waals surface area (Å²) in [5, 5.41) is 3.59. The number of rotatable bonds is 8. The summed E-state index contributed by atoms with van der Waals surface area (Å²) < 4.78 is 28.6. The molecule has 0 aliphatic rings. The van der Waals surface area contributed by atoms with E-state index >= 15 is 0 Å². The lowest BCUT2D eigenvalue weighted by atomic mass is 10.1. The highest BCUT2D eigenvalue weighted by atomic mass is 19.3. The van der Waals surface area contributed by atoms with Gasteiger partial charge in [-0.3, -0.25) is 9.59 Å². The van der Waals surface area contributed by atoms with Gasteiger partial charge in [0.15, 0.2) is 0 Å². The predicted molar refractivity (Wildman–Crippen MR) is 105 cm³/mol. The Hall–Kier alpha value is -3.42. The summed E-state index contributed by atoms with van der Waals surface area (Å²) in [5.41, 5.74) is 2.19. The molecule has 1 aromatic heterocycles. The number of carbonyl (C=O) groups excluding carboxylic acids is 2. The van der Waals surface area contributed by atoms with Crippen molar-refractivity contribution >= 4 is 22.7 Å². The Morgan fingerprint density at radius 2 is 1.86 bits per heavy atom. The summed E-state index contributed by atoms with van der Waals surface area (Å²) in [6, 6.07) is 13.6. The Morgan fingerprint density at radius 1 is 1.14 bits per heavy atom. The van der Waals surface area contributed by atoms with Crippen molar-refractivity contribution < 1.29 is 23.1 Å². The Balaban J connectivity index is 1.47. The molecular weight excluding hydrogens is 380 g/mol. The summed E-state index contributed by atoms with van der Waals surface area (Å²) >= 11 is 0. The topological polar surface area (TPSA) is 74.4 Å². The van der Waals surface area contributed by atoms with Gasteiger partial charge in [0.1, 0.15) is 5.75 Å². The molecule has 3 rings (SSSR count). The zero-order valence-electron chi connectivity index (χ0n) is 15.8. The van der Waals surface area contributed by atoms with Crippen molar-refractivity contribution in [2.24, 2.45) is 0 Å². The maximum atomic E-state index is 12.3. The molecule has 0 bridgehead atoms. The van der Waals surface area contributed by atoms with E-state index in [0.29, 0.717) is 12.1 Å². The van der Waals surface area contributed by atoms with E-state index < -0.39 is 6.61 Å². The third-order valence-corrected chi connectivity index (χ3v) is 4.45. The number of aromatic amines is 1. The number of fused-ring (bicyclic) bond motifs is 1. The van der Waals surface area contributed by atoms with Crippen molar-refractivity contribution in [2.45, 2.75) is 19.6 Å². The van der Waals surface area contributed by atoms with Gasteiger partial charge in [0.05, 0.1) is 5.56 Å². The first-order valence-electron chi connectivity index (χ1n) is 9.06. The van der Waals surface area contributed by atoms with Gasteiger partial charge >= 0.3 is 6.61 Å². The van der Waals surface area contributed by atoms with Crippen LogP contribution in [0.2, 0.25) is 0 Å². The van der Waals surface area contributed by atoms with Crippen LogP contribution in [0.15, 0.2) is 54.7 Å². The average molecular weight is 401 g/mol. The van der Waals surface area contributed by atoms with E-state index in [1.807, 2.05) is 24.3 Å². The number of benzene rings is 2. The maximum Gasteiger partial charge on any atom is 0.387 e. The SMILES string of the molecule is CN(Cc1ccc(OC(F)F)cc1)C(=O)CCNC(=O)c1c[nH]c2ccccc12. The van der Waals surface area contributed by atoms with Crippen LogP contribution < -0.4 is 10.1 Å². The summed E-state index contributed by atoms with van der Waals surface area (Å²) in [7, 11) is 1.65. The first-order valence-corrected chi connectivity index (χ1v) is 9.06. The highest BCUT2D eigenvalue weighted by Crippen LogP contribution is 2.18. The fraction of sp³-hybridized carbons (Fsp3) is 0.238. The quantitative estimate of drug-likeness (QED) is 0.606. The van der Waals surface area contributed by atoms with Gasteiger partial charge in [0, 0.05) is 43.7 Å². The van der Waals surface area contributed by atoms with Crippen LogP contribution in [-0.4, -0.2) is 41.9 Å². The second-order valence-corrected chi connectivity index (χ2v) is 6.53. The lowest BCUT2D eigenvalue weighted by Crippen LogP contribution is -2.31. The van der Waals surface area contributed by atoms with Crippen molar-refractivity contribution in [3.8, 4) is 5.75 Å².